The lowest BCUT2D eigenvalue weighted by Crippen LogP contribution is -2.43. The van der Waals surface area contributed by atoms with Crippen LogP contribution in [-0.4, -0.2) is 35.1 Å². The number of aliphatic hydroxyl groups is 1. The second kappa shape index (κ2) is 4.15. The number of benzene rings is 1. The zero-order valence-electron chi connectivity index (χ0n) is 9.80. The molecule has 2 atom stereocenters. The first-order valence-electron chi connectivity index (χ1n) is 6.30. The molecule has 0 aromatic heterocycles. The first kappa shape index (κ1) is 10.8. The van der Waals surface area contributed by atoms with Crippen LogP contribution in [0.15, 0.2) is 24.3 Å². The normalized spacial score (nSPS) is 26.5. The molecular formula is C14H17NO2. The molecule has 0 radical (unpaired) electrons. The van der Waals surface area contributed by atoms with E-state index in [1.807, 2.05) is 23.1 Å². The summed E-state index contributed by atoms with van der Waals surface area (Å²) >= 11 is 0. The van der Waals surface area contributed by atoms with Gasteiger partial charge in [-0.1, -0.05) is 24.3 Å². The van der Waals surface area contributed by atoms with Crippen molar-refractivity contribution in [3.05, 3.63) is 35.4 Å². The van der Waals surface area contributed by atoms with E-state index in [1.54, 1.807) is 0 Å². The van der Waals surface area contributed by atoms with Crippen molar-refractivity contribution >= 4 is 5.91 Å². The van der Waals surface area contributed by atoms with Crippen LogP contribution in [0.2, 0.25) is 0 Å². The summed E-state index contributed by atoms with van der Waals surface area (Å²) in [6, 6.07) is 8.20. The highest BCUT2D eigenvalue weighted by atomic mass is 16.3. The highest BCUT2D eigenvalue weighted by Gasteiger charge is 2.38. The summed E-state index contributed by atoms with van der Waals surface area (Å²) in [6.45, 7) is 0.906. The minimum absolute atomic E-state index is 0.0401. The van der Waals surface area contributed by atoms with Crippen molar-refractivity contribution in [3.63, 3.8) is 0 Å². The van der Waals surface area contributed by atoms with E-state index in [9.17, 15) is 9.90 Å². The second-order valence-corrected chi connectivity index (χ2v) is 4.97. The maximum Gasteiger partial charge on any atom is 0.230 e. The van der Waals surface area contributed by atoms with Gasteiger partial charge in [0.25, 0.3) is 0 Å². The number of rotatable bonds is 2. The molecule has 1 aromatic rings. The molecule has 1 aromatic carbocycles. The molecule has 2 aliphatic rings. The van der Waals surface area contributed by atoms with Crippen molar-refractivity contribution in [1.82, 2.24) is 4.90 Å². The fraction of sp³-hybridized carbons (Fsp3) is 0.500. The van der Waals surface area contributed by atoms with Crippen LogP contribution in [0.1, 0.15) is 29.9 Å². The number of hydrogen-bond acceptors (Lipinski definition) is 2. The Morgan fingerprint density at radius 3 is 3.00 bits per heavy atom. The Kier molecular flexibility index (Phi) is 2.63. The summed E-state index contributed by atoms with van der Waals surface area (Å²) in [5.74, 6) is 0.249. The van der Waals surface area contributed by atoms with Crippen LogP contribution in [0.3, 0.4) is 0 Å². The monoisotopic (exact) mass is 231 g/mol. The van der Waals surface area contributed by atoms with E-state index in [0.717, 1.165) is 25.8 Å². The Morgan fingerprint density at radius 2 is 2.24 bits per heavy atom. The lowest BCUT2D eigenvalue weighted by Gasteiger charge is -2.34. The SMILES string of the molecule is O=C(C1Cc2ccccc21)N1CCC[C@@H]1CO. The maximum atomic E-state index is 12.4. The minimum atomic E-state index is 0.0401. The maximum absolute atomic E-state index is 12.4. The zero-order chi connectivity index (χ0) is 11.8. The van der Waals surface area contributed by atoms with Crippen molar-refractivity contribution in [1.29, 1.82) is 0 Å². The minimum Gasteiger partial charge on any atom is -0.394 e. The third-order valence-corrected chi connectivity index (χ3v) is 4.02. The number of carbonyl (C=O) groups is 1. The molecule has 1 aliphatic heterocycles. The number of amides is 1. The largest absolute Gasteiger partial charge is 0.394 e. The lowest BCUT2D eigenvalue weighted by molar-refractivity contribution is -0.134. The van der Waals surface area contributed by atoms with Crippen molar-refractivity contribution in [2.45, 2.75) is 31.2 Å². The van der Waals surface area contributed by atoms with E-state index in [4.69, 9.17) is 0 Å². The first-order valence-corrected chi connectivity index (χ1v) is 6.30. The Bertz CT molecular complexity index is 444. The Morgan fingerprint density at radius 1 is 1.41 bits per heavy atom. The van der Waals surface area contributed by atoms with Crippen LogP contribution in [0.25, 0.3) is 0 Å². The van der Waals surface area contributed by atoms with E-state index in [2.05, 4.69) is 6.07 Å². The van der Waals surface area contributed by atoms with Crippen LogP contribution >= 0.6 is 0 Å². The molecule has 1 saturated heterocycles. The van der Waals surface area contributed by atoms with Crippen LogP contribution in [0.5, 0.6) is 0 Å². The predicted molar refractivity (Wildman–Crippen MR) is 64.7 cm³/mol. The van der Waals surface area contributed by atoms with Crippen molar-refractivity contribution in [2.24, 2.45) is 0 Å². The first-order chi connectivity index (χ1) is 8.31. The van der Waals surface area contributed by atoms with Gasteiger partial charge in [-0.15, -0.1) is 0 Å². The zero-order valence-corrected chi connectivity index (χ0v) is 9.80. The van der Waals surface area contributed by atoms with Crippen LogP contribution in [-0.2, 0) is 11.2 Å². The standard InChI is InChI=1S/C14H17NO2/c16-9-11-5-3-7-15(11)14(17)13-8-10-4-1-2-6-12(10)13/h1-2,4,6,11,13,16H,3,5,7-9H2/t11-,13?/m1/s1. The molecule has 17 heavy (non-hydrogen) atoms. The van der Waals surface area contributed by atoms with Crippen LogP contribution < -0.4 is 0 Å². The number of nitrogens with zero attached hydrogens (tertiary/aromatic N) is 1. The molecule has 90 valence electrons. The predicted octanol–water partition coefficient (Wildman–Crippen LogP) is 1.31. The molecule has 3 rings (SSSR count). The quantitative estimate of drug-likeness (QED) is 0.833. The van der Waals surface area contributed by atoms with E-state index in [-0.39, 0.29) is 24.5 Å². The summed E-state index contributed by atoms with van der Waals surface area (Å²) in [6.07, 6.45) is 2.82. The number of carbonyl (C=O) groups excluding carboxylic acids is 1. The van der Waals surface area contributed by atoms with E-state index in [0.29, 0.717) is 0 Å². The van der Waals surface area contributed by atoms with Gasteiger partial charge in [-0.2, -0.15) is 0 Å². The van der Waals surface area contributed by atoms with Gasteiger partial charge in [0, 0.05) is 6.54 Å². The number of fused-ring (bicyclic) bond motifs is 1. The molecule has 0 bridgehead atoms. The van der Waals surface area contributed by atoms with E-state index in [1.165, 1.54) is 11.1 Å². The Balaban J connectivity index is 1.77. The smallest absolute Gasteiger partial charge is 0.230 e. The van der Waals surface area contributed by atoms with Gasteiger partial charge in [-0.3, -0.25) is 4.79 Å². The number of aliphatic hydroxyl groups excluding tert-OH is 1. The van der Waals surface area contributed by atoms with Crippen molar-refractivity contribution < 1.29 is 9.90 Å². The molecule has 0 spiro atoms. The molecule has 0 saturated carbocycles. The van der Waals surface area contributed by atoms with E-state index >= 15 is 0 Å². The van der Waals surface area contributed by atoms with Crippen molar-refractivity contribution in [2.75, 3.05) is 13.2 Å². The summed E-state index contributed by atoms with van der Waals surface area (Å²) in [7, 11) is 0. The average Bonchev–Trinajstić information content (AvgIpc) is 2.78. The molecule has 3 nitrogen and oxygen atoms in total. The lowest BCUT2D eigenvalue weighted by atomic mass is 9.77. The average molecular weight is 231 g/mol. The van der Waals surface area contributed by atoms with Gasteiger partial charge in [0.05, 0.1) is 18.6 Å². The third kappa shape index (κ3) is 1.65. The van der Waals surface area contributed by atoms with E-state index < -0.39 is 0 Å². The van der Waals surface area contributed by atoms with Gasteiger partial charge in [0.2, 0.25) is 5.91 Å². The molecule has 1 unspecified atom stereocenters. The molecule has 3 heteroatoms. The van der Waals surface area contributed by atoms with Gasteiger partial charge in [0.15, 0.2) is 0 Å². The van der Waals surface area contributed by atoms with Gasteiger partial charge in [-0.05, 0) is 30.4 Å². The van der Waals surface area contributed by atoms with Crippen LogP contribution in [0.4, 0.5) is 0 Å². The van der Waals surface area contributed by atoms with Crippen molar-refractivity contribution in [3.8, 4) is 0 Å². The summed E-state index contributed by atoms with van der Waals surface area (Å²) in [5, 5.41) is 9.26. The summed E-state index contributed by atoms with van der Waals surface area (Å²) < 4.78 is 0. The fourth-order valence-corrected chi connectivity index (χ4v) is 2.99. The highest BCUT2D eigenvalue weighted by molar-refractivity contribution is 5.87. The van der Waals surface area contributed by atoms with Gasteiger partial charge < -0.3 is 10.0 Å². The molecule has 1 fully saturated rings. The third-order valence-electron chi connectivity index (χ3n) is 4.02. The summed E-state index contributed by atoms with van der Waals surface area (Å²) in [4.78, 5) is 14.3. The van der Waals surface area contributed by atoms with Gasteiger partial charge in [0.1, 0.15) is 0 Å². The molecule has 1 N–H and O–H groups in total. The topological polar surface area (TPSA) is 40.5 Å². The molecule has 1 aliphatic carbocycles. The summed E-state index contributed by atoms with van der Waals surface area (Å²) in [5.41, 5.74) is 2.48. The van der Waals surface area contributed by atoms with Gasteiger partial charge in [-0.25, -0.2) is 0 Å². The number of hydrogen-bond donors (Lipinski definition) is 1. The molecular weight excluding hydrogens is 214 g/mol. The van der Waals surface area contributed by atoms with Gasteiger partial charge >= 0.3 is 0 Å². The second-order valence-electron chi connectivity index (χ2n) is 4.97. The highest BCUT2D eigenvalue weighted by Crippen LogP contribution is 2.37. The molecule has 1 heterocycles. The Hall–Kier alpha value is -1.35. The Labute approximate surface area is 101 Å². The number of likely N-dealkylation sites (tertiary alicyclic amines) is 1. The fourth-order valence-electron chi connectivity index (χ4n) is 2.99. The molecule has 1 amide bonds. The van der Waals surface area contributed by atoms with Crippen LogP contribution in [0, 0.1) is 0 Å².